The van der Waals surface area contributed by atoms with Crippen molar-refractivity contribution in [2.45, 2.75) is 38.2 Å². The Kier molecular flexibility index (Phi) is 5.85. The van der Waals surface area contributed by atoms with Crippen LogP contribution in [0.1, 0.15) is 32.1 Å². The average molecular weight is 213 g/mol. The normalized spacial score (nSPS) is 23.7. The van der Waals surface area contributed by atoms with Gasteiger partial charge in [-0.3, -0.25) is 0 Å². The van der Waals surface area contributed by atoms with Crippen LogP contribution in [0, 0.1) is 0 Å². The monoisotopic (exact) mass is 213 g/mol. The Balaban J connectivity index is 2.23. The quantitative estimate of drug-likeness (QED) is 0.700. The first-order valence-corrected chi connectivity index (χ1v) is 5.53. The van der Waals surface area contributed by atoms with E-state index in [-0.39, 0.29) is 19.3 Å². The van der Waals surface area contributed by atoms with Crippen LogP contribution >= 0.6 is 0 Å². The predicted octanol–water partition coefficient (Wildman–Crippen LogP) is 1.59. The molecule has 0 saturated carbocycles. The third-order valence-corrected chi connectivity index (χ3v) is 2.37. The van der Waals surface area contributed by atoms with Crippen molar-refractivity contribution in [3.63, 3.8) is 0 Å². The van der Waals surface area contributed by atoms with E-state index in [9.17, 15) is 4.79 Å². The van der Waals surface area contributed by atoms with E-state index in [2.05, 4.69) is 17.5 Å². The van der Waals surface area contributed by atoms with Crippen LogP contribution in [0.3, 0.4) is 0 Å². The summed E-state index contributed by atoms with van der Waals surface area (Å²) in [5, 5.41) is 11.0. The van der Waals surface area contributed by atoms with Crippen molar-refractivity contribution in [3.05, 3.63) is 12.2 Å². The standard InChI is InChI=1S/C11H19NO3/c13-9-8-12-11(14)15-10-6-4-2-1-3-5-7-10/h1-2,10,13H,3-9H2,(H,12,14)/b2-1+. The Labute approximate surface area is 90.3 Å². The first kappa shape index (κ1) is 12.0. The third kappa shape index (κ3) is 5.42. The number of rotatable bonds is 3. The second kappa shape index (κ2) is 7.29. The van der Waals surface area contributed by atoms with Crippen molar-refractivity contribution >= 4 is 6.09 Å². The molecule has 0 aromatic rings. The van der Waals surface area contributed by atoms with Crippen LogP contribution in [-0.4, -0.2) is 30.5 Å². The molecule has 0 fully saturated rings. The highest BCUT2D eigenvalue weighted by molar-refractivity contribution is 5.67. The second-order valence-electron chi connectivity index (χ2n) is 3.66. The number of nitrogens with one attached hydrogen (secondary N) is 1. The average Bonchev–Trinajstić information content (AvgIpc) is 2.19. The van der Waals surface area contributed by atoms with Gasteiger partial charge >= 0.3 is 6.09 Å². The summed E-state index contributed by atoms with van der Waals surface area (Å²) in [4.78, 5) is 11.2. The van der Waals surface area contributed by atoms with Crippen LogP contribution in [0.2, 0.25) is 0 Å². The summed E-state index contributed by atoms with van der Waals surface area (Å²) in [7, 11) is 0. The Morgan fingerprint density at radius 3 is 3.00 bits per heavy atom. The molecule has 0 aliphatic heterocycles. The van der Waals surface area contributed by atoms with Gasteiger partial charge in [0, 0.05) is 6.54 Å². The fourth-order valence-corrected chi connectivity index (χ4v) is 1.59. The number of hydrogen-bond acceptors (Lipinski definition) is 3. The molecule has 0 spiro atoms. The molecular weight excluding hydrogens is 194 g/mol. The van der Waals surface area contributed by atoms with E-state index in [1.807, 2.05) is 0 Å². The van der Waals surface area contributed by atoms with Gasteiger partial charge in [0.05, 0.1) is 6.61 Å². The van der Waals surface area contributed by atoms with Gasteiger partial charge < -0.3 is 15.2 Å². The summed E-state index contributed by atoms with van der Waals surface area (Å²) in [6, 6.07) is 0. The third-order valence-electron chi connectivity index (χ3n) is 2.37. The fraction of sp³-hybridized carbons (Fsp3) is 0.727. The number of alkyl carbamates (subject to hydrolysis) is 1. The van der Waals surface area contributed by atoms with Gasteiger partial charge in [-0.1, -0.05) is 12.2 Å². The summed E-state index contributed by atoms with van der Waals surface area (Å²) in [5.74, 6) is 0. The minimum atomic E-state index is -0.418. The molecule has 0 aromatic carbocycles. The van der Waals surface area contributed by atoms with Crippen LogP contribution in [0.4, 0.5) is 4.79 Å². The van der Waals surface area contributed by atoms with E-state index in [1.54, 1.807) is 0 Å². The van der Waals surface area contributed by atoms with Gasteiger partial charge in [-0.15, -0.1) is 0 Å². The number of ether oxygens (including phenoxy) is 1. The summed E-state index contributed by atoms with van der Waals surface area (Å²) in [5.41, 5.74) is 0. The maximum Gasteiger partial charge on any atom is 0.407 e. The van der Waals surface area contributed by atoms with Crippen LogP contribution in [0.15, 0.2) is 12.2 Å². The summed E-state index contributed by atoms with van der Waals surface area (Å²) in [6.07, 6.45) is 8.85. The molecule has 0 bridgehead atoms. The van der Waals surface area contributed by atoms with Gasteiger partial charge in [-0.05, 0) is 32.1 Å². The second-order valence-corrected chi connectivity index (χ2v) is 3.66. The highest BCUT2D eigenvalue weighted by atomic mass is 16.6. The molecule has 1 amide bonds. The van der Waals surface area contributed by atoms with Crippen molar-refractivity contribution in [1.82, 2.24) is 5.32 Å². The molecule has 1 aliphatic carbocycles. The Bertz CT molecular complexity index is 216. The lowest BCUT2D eigenvalue weighted by Gasteiger charge is -2.18. The molecule has 1 atom stereocenters. The molecule has 0 saturated heterocycles. The van der Waals surface area contributed by atoms with Crippen LogP contribution in [-0.2, 0) is 4.74 Å². The van der Waals surface area contributed by atoms with Gasteiger partial charge in [0.2, 0.25) is 0 Å². The Morgan fingerprint density at radius 2 is 2.20 bits per heavy atom. The Hall–Kier alpha value is -1.03. The molecule has 1 aliphatic rings. The first-order chi connectivity index (χ1) is 7.33. The molecule has 4 heteroatoms. The number of aliphatic hydroxyl groups excluding tert-OH is 1. The molecule has 0 radical (unpaired) electrons. The van der Waals surface area contributed by atoms with Gasteiger partial charge in [-0.2, -0.15) is 0 Å². The number of aliphatic hydroxyl groups is 1. The SMILES string of the molecule is O=C(NCCO)OC1CC/C=C/CCC1. The van der Waals surface area contributed by atoms with Crippen LogP contribution < -0.4 is 5.32 Å². The molecule has 86 valence electrons. The molecule has 2 N–H and O–H groups in total. The van der Waals surface area contributed by atoms with Gasteiger partial charge in [-0.25, -0.2) is 4.79 Å². The molecule has 1 unspecified atom stereocenters. The van der Waals surface area contributed by atoms with E-state index in [1.165, 1.54) is 0 Å². The minimum absolute atomic E-state index is 0.0219. The van der Waals surface area contributed by atoms with Gasteiger partial charge in [0.15, 0.2) is 0 Å². The zero-order valence-corrected chi connectivity index (χ0v) is 8.95. The van der Waals surface area contributed by atoms with E-state index in [0.717, 1.165) is 32.1 Å². The zero-order valence-electron chi connectivity index (χ0n) is 8.95. The van der Waals surface area contributed by atoms with Crippen molar-refractivity contribution < 1.29 is 14.6 Å². The van der Waals surface area contributed by atoms with Crippen molar-refractivity contribution in [1.29, 1.82) is 0 Å². The smallest absolute Gasteiger partial charge is 0.407 e. The van der Waals surface area contributed by atoms with Gasteiger partial charge in [0.1, 0.15) is 6.10 Å². The molecule has 4 nitrogen and oxygen atoms in total. The summed E-state index contributed by atoms with van der Waals surface area (Å²) >= 11 is 0. The fourth-order valence-electron chi connectivity index (χ4n) is 1.59. The summed E-state index contributed by atoms with van der Waals surface area (Å²) < 4.78 is 5.23. The number of amides is 1. The van der Waals surface area contributed by atoms with Crippen LogP contribution in [0.25, 0.3) is 0 Å². The maximum absolute atomic E-state index is 11.2. The highest BCUT2D eigenvalue weighted by Crippen LogP contribution is 2.15. The largest absolute Gasteiger partial charge is 0.446 e. The summed E-state index contributed by atoms with van der Waals surface area (Å²) in [6.45, 7) is 0.202. The lowest BCUT2D eigenvalue weighted by atomic mass is 10.0. The van der Waals surface area contributed by atoms with Crippen LogP contribution in [0.5, 0.6) is 0 Å². The predicted molar refractivity (Wildman–Crippen MR) is 57.6 cm³/mol. The van der Waals surface area contributed by atoms with Gasteiger partial charge in [0.25, 0.3) is 0 Å². The number of carbonyl (C=O) groups excluding carboxylic acids is 1. The lowest BCUT2D eigenvalue weighted by molar-refractivity contribution is 0.0850. The molecular formula is C11H19NO3. The van der Waals surface area contributed by atoms with Crippen molar-refractivity contribution in [3.8, 4) is 0 Å². The zero-order chi connectivity index (χ0) is 10.9. The maximum atomic E-state index is 11.2. The first-order valence-electron chi connectivity index (χ1n) is 5.53. The van der Waals surface area contributed by atoms with E-state index in [0.29, 0.717) is 0 Å². The van der Waals surface area contributed by atoms with E-state index in [4.69, 9.17) is 9.84 Å². The minimum Gasteiger partial charge on any atom is -0.446 e. The van der Waals surface area contributed by atoms with E-state index >= 15 is 0 Å². The topological polar surface area (TPSA) is 58.6 Å². The Morgan fingerprint density at radius 1 is 1.40 bits per heavy atom. The lowest BCUT2D eigenvalue weighted by Crippen LogP contribution is -2.31. The molecule has 0 aromatic heterocycles. The van der Waals surface area contributed by atoms with Crippen molar-refractivity contribution in [2.24, 2.45) is 0 Å². The van der Waals surface area contributed by atoms with Crippen molar-refractivity contribution in [2.75, 3.05) is 13.2 Å². The highest BCUT2D eigenvalue weighted by Gasteiger charge is 2.13. The molecule has 15 heavy (non-hydrogen) atoms. The number of hydrogen-bond donors (Lipinski definition) is 2. The number of carbonyl (C=O) groups is 1. The molecule has 0 heterocycles. The molecule has 1 rings (SSSR count). The number of allylic oxidation sites excluding steroid dienone is 2. The van der Waals surface area contributed by atoms with E-state index < -0.39 is 6.09 Å².